The van der Waals surface area contributed by atoms with E-state index in [4.69, 9.17) is 0 Å². The van der Waals surface area contributed by atoms with E-state index in [-0.39, 0.29) is 11.8 Å². The number of carbonyl (C=O) groups is 2. The van der Waals surface area contributed by atoms with Crippen LogP contribution in [0.2, 0.25) is 0 Å². The second-order valence-electron chi connectivity index (χ2n) is 20.1. The molecule has 1 fully saturated rings. The van der Waals surface area contributed by atoms with E-state index in [1.54, 1.807) is 0 Å². The average Bonchev–Trinajstić information content (AvgIpc) is 3.29. The first-order chi connectivity index (χ1) is 31.0. The van der Waals surface area contributed by atoms with Gasteiger partial charge in [0.1, 0.15) is 0 Å². The number of hydrogen-bond donors (Lipinski definition) is 0. The minimum absolute atomic E-state index is 0.270. The average molecular weight is 889 g/mol. The Morgan fingerprint density at radius 3 is 0.714 bits per heavy atom. The van der Waals surface area contributed by atoms with Crippen molar-refractivity contribution in [3.8, 4) is 0 Å². The molecule has 0 atom stereocenters. The van der Waals surface area contributed by atoms with Crippen molar-refractivity contribution in [3.63, 3.8) is 0 Å². The van der Waals surface area contributed by atoms with Crippen LogP contribution in [0.15, 0.2) is 0 Å². The molecule has 0 aromatic carbocycles. The molecule has 0 unspecified atom stereocenters. The van der Waals surface area contributed by atoms with E-state index < -0.39 is 0 Å². The lowest BCUT2D eigenvalue weighted by Gasteiger charge is -2.37. The Labute approximate surface area is 395 Å². The fraction of sp³-hybridized carbons (Fsp3) is 0.964. The van der Waals surface area contributed by atoms with Crippen molar-refractivity contribution in [1.82, 2.24) is 24.5 Å². The van der Waals surface area contributed by atoms with E-state index in [1.165, 1.54) is 244 Å². The summed E-state index contributed by atoms with van der Waals surface area (Å²) >= 11 is 0. The third-order valence-corrected chi connectivity index (χ3v) is 14.1. The Morgan fingerprint density at radius 2 is 0.460 bits per heavy atom. The first kappa shape index (κ1) is 59.8. The summed E-state index contributed by atoms with van der Waals surface area (Å²) in [5.74, 6) is 0.539. The highest BCUT2D eigenvalue weighted by atomic mass is 16.2. The quantitative estimate of drug-likeness (QED) is 0.0570. The zero-order valence-electron chi connectivity index (χ0n) is 43.7. The van der Waals surface area contributed by atoms with E-state index in [2.05, 4.69) is 59.1 Å². The maximum Gasteiger partial charge on any atom is 0.236 e. The summed E-state index contributed by atoms with van der Waals surface area (Å²) in [4.78, 5) is 39.6. The van der Waals surface area contributed by atoms with Gasteiger partial charge in [-0.3, -0.25) is 19.4 Å². The zero-order valence-corrected chi connectivity index (χ0v) is 43.7. The van der Waals surface area contributed by atoms with Crippen LogP contribution < -0.4 is 0 Å². The summed E-state index contributed by atoms with van der Waals surface area (Å²) < 4.78 is 0. The molecule has 1 heterocycles. The molecule has 2 amide bonds. The van der Waals surface area contributed by atoms with Gasteiger partial charge < -0.3 is 14.7 Å². The van der Waals surface area contributed by atoms with Crippen LogP contribution in [0.5, 0.6) is 0 Å². The SMILES string of the molecule is CCCCCCCCCCN(CCCCCCCCC)CCN(CCCCCCCCC)CC(=O)N1CCN(C(=O)CN(CCCCCCCCC)CCCCCCCCC)CC1. The number of rotatable bonds is 48. The largest absolute Gasteiger partial charge is 0.338 e. The molecule has 0 saturated carbocycles. The topological polar surface area (TPSA) is 50.3 Å². The first-order valence-corrected chi connectivity index (χ1v) is 28.7. The highest BCUT2D eigenvalue weighted by Crippen LogP contribution is 2.15. The van der Waals surface area contributed by atoms with Gasteiger partial charge in [0, 0.05) is 39.3 Å². The molecule has 1 aliphatic rings. The first-order valence-electron chi connectivity index (χ1n) is 28.7. The van der Waals surface area contributed by atoms with Crippen molar-refractivity contribution in [2.75, 3.05) is 85.1 Å². The van der Waals surface area contributed by atoms with Gasteiger partial charge in [0.05, 0.1) is 13.1 Å². The predicted molar refractivity (Wildman–Crippen MR) is 277 cm³/mol. The summed E-state index contributed by atoms with van der Waals surface area (Å²) in [6.07, 6.45) is 47.9. The normalized spacial score (nSPS) is 13.4. The van der Waals surface area contributed by atoms with Crippen LogP contribution in [0.3, 0.4) is 0 Å². The molecule has 1 aliphatic heterocycles. The summed E-state index contributed by atoms with van der Waals surface area (Å²) in [6, 6.07) is 0. The smallest absolute Gasteiger partial charge is 0.236 e. The highest BCUT2D eigenvalue weighted by Gasteiger charge is 2.26. The molecular weight excluding hydrogens is 775 g/mol. The van der Waals surface area contributed by atoms with Crippen molar-refractivity contribution < 1.29 is 9.59 Å². The third kappa shape index (κ3) is 36.6. The highest BCUT2D eigenvalue weighted by molar-refractivity contribution is 5.80. The standard InChI is InChI=1S/C56H113N5O2/c1-6-11-16-21-26-31-33-38-43-57(42-37-32-27-22-17-12-7-2)47-48-59(46-41-36-30-25-20-15-10-5)54-56(63)61-51-49-60(50-52-61)55(62)53-58(44-39-34-28-23-18-13-8-3)45-40-35-29-24-19-14-9-4/h6-54H2,1-5H3. The fourth-order valence-electron chi connectivity index (χ4n) is 9.59. The van der Waals surface area contributed by atoms with Crippen LogP contribution in [0, 0.1) is 0 Å². The third-order valence-electron chi connectivity index (χ3n) is 14.1. The number of piperazine rings is 1. The predicted octanol–water partition coefficient (Wildman–Crippen LogP) is 14.7. The van der Waals surface area contributed by atoms with E-state index in [0.717, 1.165) is 32.7 Å². The number of unbranched alkanes of at least 4 members (excludes halogenated alkanes) is 31. The second kappa shape index (κ2) is 46.0. The Kier molecular flexibility index (Phi) is 43.6. The lowest BCUT2D eigenvalue weighted by molar-refractivity contribution is -0.140. The summed E-state index contributed by atoms with van der Waals surface area (Å²) in [6.45, 7) is 22.8. The summed E-state index contributed by atoms with van der Waals surface area (Å²) in [5, 5.41) is 0. The van der Waals surface area contributed by atoms with Gasteiger partial charge in [0.15, 0.2) is 0 Å². The molecule has 0 radical (unpaired) electrons. The molecule has 63 heavy (non-hydrogen) atoms. The van der Waals surface area contributed by atoms with E-state index in [1.807, 2.05) is 0 Å². The van der Waals surface area contributed by atoms with Crippen LogP contribution in [0.25, 0.3) is 0 Å². The monoisotopic (exact) mass is 888 g/mol. The molecule has 1 saturated heterocycles. The number of carbonyl (C=O) groups excluding carboxylic acids is 2. The van der Waals surface area contributed by atoms with Crippen LogP contribution in [0.4, 0.5) is 0 Å². The van der Waals surface area contributed by atoms with Gasteiger partial charge in [-0.2, -0.15) is 0 Å². The van der Waals surface area contributed by atoms with Crippen LogP contribution in [-0.4, -0.2) is 121 Å². The molecule has 0 bridgehead atoms. The van der Waals surface area contributed by atoms with E-state index in [0.29, 0.717) is 39.3 Å². The van der Waals surface area contributed by atoms with E-state index >= 15 is 0 Å². The minimum atomic E-state index is 0.270. The maximum atomic E-state index is 14.0. The zero-order chi connectivity index (χ0) is 45.7. The lowest BCUT2D eigenvalue weighted by atomic mass is 10.1. The molecule has 7 nitrogen and oxygen atoms in total. The fourth-order valence-corrected chi connectivity index (χ4v) is 9.59. The van der Waals surface area contributed by atoms with Gasteiger partial charge in [-0.05, 0) is 64.8 Å². The maximum absolute atomic E-state index is 14.0. The minimum Gasteiger partial charge on any atom is -0.338 e. The molecule has 0 aromatic rings. The Hall–Kier alpha value is -1.18. The van der Waals surface area contributed by atoms with Crippen molar-refractivity contribution in [2.45, 2.75) is 266 Å². The lowest BCUT2D eigenvalue weighted by Crippen LogP contribution is -2.54. The second-order valence-corrected chi connectivity index (χ2v) is 20.1. The molecule has 0 aromatic heterocycles. The van der Waals surface area contributed by atoms with E-state index in [9.17, 15) is 9.59 Å². The Morgan fingerprint density at radius 1 is 0.270 bits per heavy atom. The Balaban J connectivity index is 2.77. The van der Waals surface area contributed by atoms with Crippen LogP contribution in [-0.2, 0) is 9.59 Å². The molecule has 1 rings (SSSR count). The van der Waals surface area contributed by atoms with Gasteiger partial charge >= 0.3 is 0 Å². The number of hydrogen-bond acceptors (Lipinski definition) is 5. The number of amides is 2. The van der Waals surface area contributed by atoms with Gasteiger partial charge in [0.25, 0.3) is 0 Å². The van der Waals surface area contributed by atoms with Crippen molar-refractivity contribution >= 4 is 11.8 Å². The van der Waals surface area contributed by atoms with Crippen LogP contribution >= 0.6 is 0 Å². The molecule has 7 heteroatoms. The summed E-state index contributed by atoms with van der Waals surface area (Å²) in [7, 11) is 0. The summed E-state index contributed by atoms with van der Waals surface area (Å²) in [5.41, 5.74) is 0. The molecule has 0 aliphatic carbocycles. The van der Waals surface area contributed by atoms with Gasteiger partial charge in [-0.15, -0.1) is 0 Å². The van der Waals surface area contributed by atoms with Gasteiger partial charge in [-0.25, -0.2) is 0 Å². The number of nitrogens with zero attached hydrogens (tertiary/aromatic N) is 5. The van der Waals surface area contributed by atoms with Crippen molar-refractivity contribution in [2.24, 2.45) is 0 Å². The van der Waals surface area contributed by atoms with Gasteiger partial charge in [0.2, 0.25) is 11.8 Å². The molecule has 0 N–H and O–H groups in total. The van der Waals surface area contributed by atoms with Crippen LogP contribution in [0.1, 0.15) is 266 Å². The molecule has 0 spiro atoms. The Bertz CT molecular complexity index is 953. The molecule has 374 valence electrons. The van der Waals surface area contributed by atoms with Gasteiger partial charge in [-0.1, -0.05) is 234 Å². The van der Waals surface area contributed by atoms with Crippen molar-refractivity contribution in [3.05, 3.63) is 0 Å². The van der Waals surface area contributed by atoms with Crippen molar-refractivity contribution in [1.29, 1.82) is 0 Å². The molecular formula is C56H113N5O2.